The first-order valence-electron chi connectivity index (χ1n) is 5.68. The summed E-state index contributed by atoms with van der Waals surface area (Å²) in [5.41, 5.74) is 10.3. The number of para-hydroxylation sites is 1. The Morgan fingerprint density at radius 3 is 2.95 bits per heavy atom. The molecule has 6 heteroatoms. The molecule has 2 rings (SSSR count). The third kappa shape index (κ3) is 2.91. The average molecular weight is 277 g/mol. The van der Waals surface area contributed by atoms with Crippen molar-refractivity contribution in [3.05, 3.63) is 47.4 Å². The lowest BCUT2D eigenvalue weighted by molar-refractivity contribution is 0.0952. The van der Waals surface area contributed by atoms with Crippen LogP contribution >= 0.6 is 11.8 Å². The number of aryl methyl sites for hydroxylation is 1. The summed E-state index contributed by atoms with van der Waals surface area (Å²) < 4.78 is 5.30. The second-order valence-corrected chi connectivity index (χ2v) is 5.02. The summed E-state index contributed by atoms with van der Waals surface area (Å²) in [6.45, 7) is 1.96. The topological polar surface area (TPSA) is 94.3 Å². The fourth-order valence-electron chi connectivity index (χ4n) is 1.66. The van der Waals surface area contributed by atoms with Gasteiger partial charge in [0, 0.05) is 10.6 Å². The van der Waals surface area contributed by atoms with E-state index in [1.165, 1.54) is 18.0 Å². The van der Waals surface area contributed by atoms with Crippen molar-refractivity contribution in [2.75, 3.05) is 5.73 Å². The van der Waals surface area contributed by atoms with Crippen LogP contribution in [0.1, 0.15) is 21.7 Å². The third-order valence-electron chi connectivity index (χ3n) is 2.76. The van der Waals surface area contributed by atoms with E-state index >= 15 is 0 Å². The highest BCUT2D eigenvalue weighted by atomic mass is 32.2. The molecule has 100 valence electrons. The largest absolute Gasteiger partial charge is 0.468 e. The van der Waals surface area contributed by atoms with Crippen LogP contribution in [-0.2, 0) is 5.75 Å². The molecule has 0 aliphatic heterocycles. The standard InChI is InChI=1S/C13H15N3O2S/c1-8-3-2-4-11(12(8)14)19-7-10-9(5-6-18-10)13(17)16-15/h2-6H,7,14-15H2,1H3,(H,16,17). The summed E-state index contributed by atoms with van der Waals surface area (Å²) in [7, 11) is 0. The van der Waals surface area contributed by atoms with Crippen LogP contribution in [0.4, 0.5) is 5.69 Å². The van der Waals surface area contributed by atoms with E-state index in [0.717, 1.165) is 16.1 Å². The van der Waals surface area contributed by atoms with Gasteiger partial charge >= 0.3 is 0 Å². The summed E-state index contributed by atoms with van der Waals surface area (Å²) in [5, 5.41) is 0. The van der Waals surface area contributed by atoms with Crippen LogP contribution in [-0.4, -0.2) is 5.91 Å². The Labute approximate surface area is 115 Å². The summed E-state index contributed by atoms with van der Waals surface area (Å²) in [5.74, 6) is 5.85. The summed E-state index contributed by atoms with van der Waals surface area (Å²) in [6, 6.07) is 7.44. The van der Waals surface area contributed by atoms with Gasteiger partial charge in [0.25, 0.3) is 5.91 Å². The molecule has 1 heterocycles. The molecule has 0 bridgehead atoms. The molecule has 5 N–H and O–H groups in total. The Morgan fingerprint density at radius 2 is 2.21 bits per heavy atom. The Bertz CT molecular complexity index is 595. The van der Waals surface area contributed by atoms with Gasteiger partial charge in [0.1, 0.15) is 5.76 Å². The number of thioether (sulfide) groups is 1. The zero-order valence-electron chi connectivity index (χ0n) is 10.5. The molecule has 0 unspecified atom stereocenters. The quantitative estimate of drug-likeness (QED) is 0.261. The van der Waals surface area contributed by atoms with Gasteiger partial charge in [-0.3, -0.25) is 10.2 Å². The highest BCUT2D eigenvalue weighted by Crippen LogP contribution is 2.31. The van der Waals surface area contributed by atoms with Gasteiger partial charge in [0.05, 0.1) is 17.6 Å². The predicted octanol–water partition coefficient (Wildman–Crippen LogP) is 2.07. The minimum absolute atomic E-state index is 0.360. The molecule has 0 aliphatic rings. The van der Waals surface area contributed by atoms with Gasteiger partial charge in [-0.05, 0) is 24.6 Å². The monoisotopic (exact) mass is 277 g/mol. The normalized spacial score (nSPS) is 10.4. The number of benzene rings is 1. The molecule has 1 aromatic heterocycles. The van der Waals surface area contributed by atoms with E-state index in [1.54, 1.807) is 6.07 Å². The highest BCUT2D eigenvalue weighted by Gasteiger charge is 2.14. The van der Waals surface area contributed by atoms with Crippen molar-refractivity contribution in [1.82, 2.24) is 5.43 Å². The SMILES string of the molecule is Cc1cccc(SCc2occc2C(=O)NN)c1N. The Kier molecular flexibility index (Phi) is 4.13. The number of anilines is 1. The van der Waals surface area contributed by atoms with Gasteiger partial charge in [0.15, 0.2) is 0 Å². The van der Waals surface area contributed by atoms with Gasteiger partial charge < -0.3 is 10.2 Å². The Balaban J connectivity index is 2.13. The number of rotatable bonds is 4. The molecule has 19 heavy (non-hydrogen) atoms. The zero-order valence-corrected chi connectivity index (χ0v) is 11.3. The maximum atomic E-state index is 11.5. The molecule has 1 amide bonds. The molecule has 2 aromatic rings. The van der Waals surface area contributed by atoms with Crippen molar-refractivity contribution in [1.29, 1.82) is 0 Å². The van der Waals surface area contributed by atoms with E-state index in [4.69, 9.17) is 16.0 Å². The van der Waals surface area contributed by atoms with E-state index in [-0.39, 0.29) is 5.91 Å². The van der Waals surface area contributed by atoms with Gasteiger partial charge in [-0.15, -0.1) is 11.8 Å². The van der Waals surface area contributed by atoms with Crippen molar-refractivity contribution >= 4 is 23.4 Å². The smallest absolute Gasteiger partial charge is 0.268 e. The Hall–Kier alpha value is -1.92. The van der Waals surface area contributed by atoms with Crippen molar-refractivity contribution in [2.24, 2.45) is 5.84 Å². The zero-order chi connectivity index (χ0) is 13.8. The molecule has 5 nitrogen and oxygen atoms in total. The summed E-state index contributed by atoms with van der Waals surface area (Å²) >= 11 is 1.52. The van der Waals surface area contributed by atoms with Crippen molar-refractivity contribution in [3.8, 4) is 0 Å². The first-order chi connectivity index (χ1) is 9.13. The molecule has 0 saturated heterocycles. The number of nitrogens with two attached hydrogens (primary N) is 2. The molecule has 0 radical (unpaired) electrons. The minimum Gasteiger partial charge on any atom is -0.468 e. The molecule has 1 aromatic carbocycles. The predicted molar refractivity (Wildman–Crippen MR) is 75.5 cm³/mol. The van der Waals surface area contributed by atoms with Crippen molar-refractivity contribution in [2.45, 2.75) is 17.6 Å². The highest BCUT2D eigenvalue weighted by molar-refractivity contribution is 7.98. The summed E-state index contributed by atoms with van der Waals surface area (Å²) in [6.07, 6.45) is 1.47. The second-order valence-electron chi connectivity index (χ2n) is 4.01. The number of nitrogens with one attached hydrogen (secondary N) is 1. The lowest BCUT2D eigenvalue weighted by Crippen LogP contribution is -2.30. The van der Waals surface area contributed by atoms with Gasteiger partial charge in [0.2, 0.25) is 0 Å². The van der Waals surface area contributed by atoms with E-state index in [2.05, 4.69) is 5.43 Å². The maximum Gasteiger partial charge on any atom is 0.268 e. The maximum absolute atomic E-state index is 11.5. The third-order valence-corrected chi connectivity index (χ3v) is 3.84. The van der Waals surface area contributed by atoms with Crippen LogP contribution in [0.2, 0.25) is 0 Å². The first-order valence-corrected chi connectivity index (χ1v) is 6.67. The molecule has 0 saturated carbocycles. The average Bonchev–Trinajstić information content (AvgIpc) is 2.88. The van der Waals surface area contributed by atoms with Crippen molar-refractivity contribution < 1.29 is 9.21 Å². The van der Waals surface area contributed by atoms with E-state index < -0.39 is 0 Å². The van der Waals surface area contributed by atoms with Crippen LogP contribution in [0.5, 0.6) is 0 Å². The van der Waals surface area contributed by atoms with Crippen LogP contribution in [0.3, 0.4) is 0 Å². The van der Waals surface area contributed by atoms with Crippen LogP contribution in [0.25, 0.3) is 0 Å². The molecule has 0 fully saturated rings. The lowest BCUT2D eigenvalue weighted by Gasteiger charge is -2.07. The van der Waals surface area contributed by atoms with Crippen LogP contribution in [0.15, 0.2) is 39.8 Å². The van der Waals surface area contributed by atoms with Crippen LogP contribution < -0.4 is 17.0 Å². The molecular weight excluding hydrogens is 262 g/mol. The number of hydrogen-bond donors (Lipinski definition) is 3. The number of amides is 1. The fourth-order valence-corrected chi connectivity index (χ4v) is 2.66. The molecule has 0 spiro atoms. The number of hydrogen-bond acceptors (Lipinski definition) is 5. The summed E-state index contributed by atoms with van der Waals surface area (Å²) in [4.78, 5) is 12.5. The van der Waals surface area contributed by atoms with E-state index in [9.17, 15) is 4.79 Å². The number of carbonyl (C=O) groups excluding carboxylic acids is 1. The van der Waals surface area contributed by atoms with Crippen LogP contribution in [0, 0.1) is 6.92 Å². The first kappa shape index (κ1) is 13.5. The van der Waals surface area contributed by atoms with E-state index in [0.29, 0.717) is 17.1 Å². The lowest BCUT2D eigenvalue weighted by atomic mass is 10.2. The van der Waals surface area contributed by atoms with Crippen molar-refractivity contribution in [3.63, 3.8) is 0 Å². The number of nitrogen functional groups attached to an aromatic ring is 2. The number of furan rings is 1. The number of hydrazine groups is 1. The van der Waals surface area contributed by atoms with Gasteiger partial charge in [-0.1, -0.05) is 12.1 Å². The Morgan fingerprint density at radius 1 is 1.42 bits per heavy atom. The van der Waals surface area contributed by atoms with Gasteiger partial charge in [-0.2, -0.15) is 0 Å². The van der Waals surface area contributed by atoms with E-state index in [1.807, 2.05) is 25.1 Å². The fraction of sp³-hybridized carbons (Fsp3) is 0.154. The molecule has 0 atom stereocenters. The molecular formula is C13H15N3O2S. The minimum atomic E-state index is -0.360. The number of carbonyl (C=O) groups is 1. The second kappa shape index (κ2) is 5.81. The molecule has 0 aliphatic carbocycles. The van der Waals surface area contributed by atoms with Gasteiger partial charge in [-0.25, -0.2) is 5.84 Å².